The summed E-state index contributed by atoms with van der Waals surface area (Å²) in [5, 5.41) is 2.50. The zero-order chi connectivity index (χ0) is 20.3. The number of carbonyl (C=O) groups excluding carboxylic acids is 1. The van der Waals surface area contributed by atoms with Crippen LogP contribution in [0.25, 0.3) is 0 Å². The zero-order valence-electron chi connectivity index (χ0n) is 14.9. The molecule has 1 heterocycles. The summed E-state index contributed by atoms with van der Waals surface area (Å²) in [7, 11) is -3.85. The van der Waals surface area contributed by atoms with Crippen LogP contribution in [0.4, 0.5) is 14.5 Å². The molecule has 1 aliphatic heterocycles. The van der Waals surface area contributed by atoms with Crippen LogP contribution in [0.5, 0.6) is 0 Å². The fourth-order valence-corrected chi connectivity index (χ4v) is 5.27. The minimum atomic E-state index is -3.85. The molecule has 0 aliphatic carbocycles. The summed E-state index contributed by atoms with van der Waals surface area (Å²) in [6.45, 7) is 0.282. The molecule has 150 valence electrons. The Morgan fingerprint density at radius 3 is 2.54 bits per heavy atom. The van der Waals surface area contributed by atoms with Crippen LogP contribution in [-0.4, -0.2) is 31.2 Å². The quantitative estimate of drug-likeness (QED) is 0.705. The maximum atomic E-state index is 13.9. The highest BCUT2D eigenvalue weighted by Crippen LogP contribution is 2.28. The lowest BCUT2D eigenvalue weighted by Gasteiger charge is -2.34. The number of piperidine rings is 1. The van der Waals surface area contributed by atoms with Gasteiger partial charge in [0, 0.05) is 23.5 Å². The Kier molecular flexibility index (Phi) is 6.47. The van der Waals surface area contributed by atoms with Crippen LogP contribution in [0.2, 0.25) is 0 Å². The van der Waals surface area contributed by atoms with E-state index in [4.69, 9.17) is 0 Å². The van der Waals surface area contributed by atoms with Crippen molar-refractivity contribution in [2.24, 2.45) is 0 Å². The first-order chi connectivity index (χ1) is 13.3. The number of anilines is 1. The average Bonchev–Trinajstić information content (AvgIpc) is 2.65. The minimum absolute atomic E-state index is 0.0137. The van der Waals surface area contributed by atoms with Crippen molar-refractivity contribution in [2.75, 3.05) is 11.9 Å². The lowest BCUT2D eigenvalue weighted by molar-refractivity contribution is -0.117. The van der Waals surface area contributed by atoms with Gasteiger partial charge in [-0.15, -0.1) is 0 Å². The Morgan fingerprint density at radius 2 is 1.86 bits per heavy atom. The van der Waals surface area contributed by atoms with Crippen LogP contribution < -0.4 is 5.32 Å². The molecule has 5 nitrogen and oxygen atoms in total. The van der Waals surface area contributed by atoms with Crippen LogP contribution >= 0.6 is 15.9 Å². The number of nitrogens with one attached hydrogen (secondary N) is 1. The summed E-state index contributed by atoms with van der Waals surface area (Å²) < 4.78 is 54.8. The smallest absolute Gasteiger partial charge is 0.243 e. The molecule has 1 saturated heterocycles. The van der Waals surface area contributed by atoms with Crippen LogP contribution in [0, 0.1) is 11.6 Å². The molecule has 0 bridgehead atoms. The number of sulfonamides is 1. The van der Waals surface area contributed by atoms with Gasteiger partial charge in [0.25, 0.3) is 0 Å². The number of hydrogen-bond acceptors (Lipinski definition) is 3. The molecule has 1 aliphatic rings. The highest BCUT2D eigenvalue weighted by atomic mass is 79.9. The SMILES string of the molecule is O=C(C[C@H]1CCCCN1S(=O)(=O)c1ccc(F)cc1)Nc1ccc(Br)cc1F. The third-order valence-electron chi connectivity index (χ3n) is 4.62. The molecule has 2 aromatic carbocycles. The fraction of sp³-hybridized carbons (Fsp3) is 0.316. The summed E-state index contributed by atoms with van der Waals surface area (Å²) in [6, 6.07) is 8.35. The molecule has 28 heavy (non-hydrogen) atoms. The second-order valence-electron chi connectivity index (χ2n) is 6.60. The van der Waals surface area contributed by atoms with Crippen molar-refractivity contribution < 1.29 is 22.0 Å². The molecule has 0 radical (unpaired) electrons. The van der Waals surface area contributed by atoms with E-state index in [1.54, 1.807) is 6.07 Å². The molecular weight excluding hydrogens is 454 g/mol. The van der Waals surface area contributed by atoms with Crippen molar-refractivity contribution in [2.45, 2.75) is 36.6 Å². The van der Waals surface area contributed by atoms with Gasteiger partial charge in [-0.2, -0.15) is 4.31 Å². The van der Waals surface area contributed by atoms with Gasteiger partial charge in [-0.1, -0.05) is 22.4 Å². The molecular formula is C19H19BrF2N2O3S. The van der Waals surface area contributed by atoms with Crippen LogP contribution in [0.3, 0.4) is 0 Å². The molecule has 1 fully saturated rings. The summed E-state index contributed by atoms with van der Waals surface area (Å²) in [6.07, 6.45) is 1.91. The predicted octanol–water partition coefficient (Wildman–Crippen LogP) is 4.30. The van der Waals surface area contributed by atoms with Gasteiger partial charge in [0.1, 0.15) is 11.6 Å². The van der Waals surface area contributed by atoms with Gasteiger partial charge >= 0.3 is 0 Å². The third kappa shape index (κ3) is 4.76. The van der Waals surface area contributed by atoms with Crippen molar-refractivity contribution in [3.8, 4) is 0 Å². The molecule has 0 aromatic heterocycles. The van der Waals surface area contributed by atoms with E-state index in [0.29, 0.717) is 17.3 Å². The molecule has 3 rings (SSSR count). The topological polar surface area (TPSA) is 66.5 Å². The lowest BCUT2D eigenvalue weighted by atomic mass is 10.0. The lowest BCUT2D eigenvalue weighted by Crippen LogP contribution is -2.45. The van der Waals surface area contributed by atoms with Gasteiger partial charge in [-0.05, 0) is 55.3 Å². The van der Waals surface area contributed by atoms with Crippen molar-refractivity contribution in [3.05, 3.63) is 58.6 Å². The molecule has 1 amide bonds. The maximum absolute atomic E-state index is 13.9. The average molecular weight is 473 g/mol. The summed E-state index contributed by atoms with van der Waals surface area (Å²) in [5.74, 6) is -1.57. The highest BCUT2D eigenvalue weighted by Gasteiger charge is 2.34. The molecule has 9 heteroatoms. The van der Waals surface area contributed by atoms with Crippen LogP contribution in [-0.2, 0) is 14.8 Å². The first kappa shape index (κ1) is 20.9. The number of hydrogen-bond donors (Lipinski definition) is 1. The monoisotopic (exact) mass is 472 g/mol. The maximum Gasteiger partial charge on any atom is 0.243 e. The minimum Gasteiger partial charge on any atom is -0.324 e. The molecule has 2 aromatic rings. The summed E-state index contributed by atoms with van der Waals surface area (Å²) in [5.41, 5.74) is 0.0388. The largest absolute Gasteiger partial charge is 0.324 e. The molecule has 0 unspecified atom stereocenters. The van der Waals surface area contributed by atoms with E-state index in [0.717, 1.165) is 18.6 Å². The predicted molar refractivity (Wildman–Crippen MR) is 105 cm³/mol. The van der Waals surface area contributed by atoms with E-state index in [1.807, 2.05) is 0 Å². The number of benzene rings is 2. The Bertz CT molecular complexity index is 968. The van der Waals surface area contributed by atoms with Crippen molar-refractivity contribution >= 4 is 37.5 Å². The van der Waals surface area contributed by atoms with Crippen molar-refractivity contribution in [3.63, 3.8) is 0 Å². The molecule has 1 N–H and O–H groups in total. The van der Waals surface area contributed by atoms with Crippen molar-refractivity contribution in [1.29, 1.82) is 0 Å². The van der Waals surface area contributed by atoms with E-state index in [-0.39, 0.29) is 23.5 Å². The second kappa shape index (κ2) is 8.67. The molecule has 1 atom stereocenters. The van der Waals surface area contributed by atoms with Crippen LogP contribution in [0.15, 0.2) is 51.8 Å². The number of halogens is 3. The van der Waals surface area contributed by atoms with Gasteiger partial charge in [-0.3, -0.25) is 4.79 Å². The number of nitrogens with zero attached hydrogens (tertiary/aromatic N) is 1. The second-order valence-corrected chi connectivity index (χ2v) is 9.40. The van der Waals surface area contributed by atoms with Gasteiger partial charge in [0.15, 0.2) is 0 Å². The highest BCUT2D eigenvalue weighted by molar-refractivity contribution is 9.10. The Hall–Kier alpha value is -1.84. The zero-order valence-corrected chi connectivity index (χ0v) is 17.3. The summed E-state index contributed by atoms with van der Waals surface area (Å²) >= 11 is 3.15. The first-order valence-electron chi connectivity index (χ1n) is 8.79. The number of carbonyl (C=O) groups is 1. The van der Waals surface area contributed by atoms with E-state index in [9.17, 15) is 22.0 Å². The van der Waals surface area contributed by atoms with E-state index < -0.39 is 33.6 Å². The first-order valence-corrected chi connectivity index (χ1v) is 11.0. The van der Waals surface area contributed by atoms with Gasteiger partial charge < -0.3 is 5.32 Å². The Labute approximate surface area is 170 Å². The van der Waals surface area contributed by atoms with E-state index in [2.05, 4.69) is 21.2 Å². The number of rotatable bonds is 5. The molecule has 0 saturated carbocycles. The van der Waals surface area contributed by atoms with Gasteiger partial charge in [-0.25, -0.2) is 17.2 Å². The van der Waals surface area contributed by atoms with E-state index in [1.165, 1.54) is 28.6 Å². The van der Waals surface area contributed by atoms with E-state index >= 15 is 0 Å². The Balaban J connectivity index is 1.75. The number of amides is 1. The third-order valence-corrected chi connectivity index (χ3v) is 7.08. The van der Waals surface area contributed by atoms with Crippen LogP contribution in [0.1, 0.15) is 25.7 Å². The summed E-state index contributed by atoms with van der Waals surface area (Å²) in [4.78, 5) is 12.4. The molecule has 0 spiro atoms. The Morgan fingerprint density at radius 1 is 1.14 bits per heavy atom. The standard InChI is InChI=1S/C19H19BrF2N2O3S/c20-13-4-9-18(17(22)11-13)23-19(25)12-15-3-1-2-10-24(15)28(26,27)16-7-5-14(21)6-8-16/h4-9,11,15H,1-3,10,12H2,(H,23,25)/t15-/m1/s1. The van der Waals surface area contributed by atoms with Gasteiger partial charge in [0.05, 0.1) is 10.6 Å². The van der Waals surface area contributed by atoms with Gasteiger partial charge in [0.2, 0.25) is 15.9 Å². The fourth-order valence-electron chi connectivity index (χ4n) is 3.24. The normalized spacial score (nSPS) is 18.0. The van der Waals surface area contributed by atoms with Crippen molar-refractivity contribution in [1.82, 2.24) is 4.31 Å².